The Kier molecular flexibility index (Phi) is 5.47. The van der Waals surface area contributed by atoms with Crippen molar-refractivity contribution in [3.05, 3.63) is 65.3 Å². The van der Waals surface area contributed by atoms with Crippen molar-refractivity contribution in [2.45, 2.75) is 63.5 Å². The molecule has 2 aliphatic rings. The maximum atomic E-state index is 14.9. The predicted octanol–water partition coefficient (Wildman–Crippen LogP) is 5.80. The SMILES string of the molecule is CCC1CC(NC(C)c2cc(F)c(-c3ccnc(C4CC(F)(F)C4)c3)cc2F)=CN1. The molecule has 0 spiro atoms. The van der Waals surface area contributed by atoms with Crippen molar-refractivity contribution in [2.24, 2.45) is 0 Å². The molecule has 3 nitrogen and oxygen atoms in total. The van der Waals surface area contributed by atoms with Crippen LogP contribution < -0.4 is 10.6 Å². The molecule has 0 bridgehead atoms. The Morgan fingerprint density at radius 2 is 1.97 bits per heavy atom. The van der Waals surface area contributed by atoms with Crippen LogP contribution in [0.5, 0.6) is 0 Å². The Balaban J connectivity index is 1.53. The van der Waals surface area contributed by atoms with Gasteiger partial charge in [-0.15, -0.1) is 0 Å². The quantitative estimate of drug-likeness (QED) is 0.581. The van der Waals surface area contributed by atoms with E-state index in [0.717, 1.165) is 18.5 Å². The molecule has 1 fully saturated rings. The summed E-state index contributed by atoms with van der Waals surface area (Å²) in [5, 5.41) is 6.50. The molecular weight excluding hydrogens is 394 g/mol. The molecule has 0 radical (unpaired) electrons. The third kappa shape index (κ3) is 4.16. The van der Waals surface area contributed by atoms with Gasteiger partial charge in [0.2, 0.25) is 5.92 Å². The van der Waals surface area contributed by atoms with Gasteiger partial charge in [-0.1, -0.05) is 6.92 Å². The Labute approximate surface area is 173 Å². The maximum absolute atomic E-state index is 14.9. The number of hydrogen-bond acceptors (Lipinski definition) is 3. The van der Waals surface area contributed by atoms with Gasteiger partial charge in [0.05, 0.1) is 6.04 Å². The minimum absolute atomic E-state index is 0.103. The summed E-state index contributed by atoms with van der Waals surface area (Å²) in [7, 11) is 0. The van der Waals surface area contributed by atoms with Gasteiger partial charge in [-0.2, -0.15) is 0 Å². The molecule has 2 heterocycles. The first-order valence-electron chi connectivity index (χ1n) is 10.3. The number of aromatic nitrogens is 1. The number of pyridine rings is 1. The van der Waals surface area contributed by atoms with Gasteiger partial charge in [-0.3, -0.25) is 4.98 Å². The zero-order valence-corrected chi connectivity index (χ0v) is 17.0. The number of nitrogens with zero attached hydrogens (tertiary/aromatic N) is 1. The molecule has 1 aromatic carbocycles. The number of rotatable bonds is 6. The molecule has 2 atom stereocenters. The Hall–Kier alpha value is -2.57. The largest absolute Gasteiger partial charge is 0.386 e. The average Bonchev–Trinajstić information content (AvgIpc) is 3.15. The standard InChI is InChI=1S/C23H25F4N3/c1-3-16-7-17(12-29-16)30-13(2)18-8-21(25)19(9-20(18)24)14-4-5-28-22(6-14)15-10-23(26,27)11-15/h4-6,8-9,12-13,15-16,29-30H,3,7,10-11H2,1-2H3. The van der Waals surface area contributed by atoms with E-state index in [9.17, 15) is 17.6 Å². The lowest BCUT2D eigenvalue weighted by molar-refractivity contribution is -0.0875. The molecule has 1 saturated carbocycles. The Bertz CT molecular complexity index is 965. The lowest BCUT2D eigenvalue weighted by atomic mass is 9.78. The highest BCUT2D eigenvalue weighted by molar-refractivity contribution is 5.65. The van der Waals surface area contributed by atoms with Crippen molar-refractivity contribution in [3.63, 3.8) is 0 Å². The van der Waals surface area contributed by atoms with Gasteiger partial charge in [-0.25, -0.2) is 17.6 Å². The zero-order chi connectivity index (χ0) is 21.5. The first kappa shape index (κ1) is 20.7. The Morgan fingerprint density at radius 3 is 2.63 bits per heavy atom. The number of benzene rings is 1. The highest BCUT2D eigenvalue weighted by Crippen LogP contribution is 2.48. The van der Waals surface area contributed by atoms with E-state index in [1.807, 2.05) is 6.20 Å². The molecule has 2 unspecified atom stereocenters. The first-order chi connectivity index (χ1) is 14.3. The van der Waals surface area contributed by atoms with Crippen LogP contribution in [0.4, 0.5) is 17.6 Å². The van der Waals surface area contributed by atoms with E-state index >= 15 is 0 Å². The van der Waals surface area contributed by atoms with Crippen LogP contribution in [-0.2, 0) is 0 Å². The van der Waals surface area contributed by atoms with Crippen molar-refractivity contribution in [1.29, 1.82) is 0 Å². The first-order valence-corrected chi connectivity index (χ1v) is 10.3. The highest BCUT2D eigenvalue weighted by Gasteiger charge is 2.46. The Morgan fingerprint density at radius 1 is 1.20 bits per heavy atom. The maximum Gasteiger partial charge on any atom is 0.249 e. The van der Waals surface area contributed by atoms with E-state index in [2.05, 4.69) is 22.5 Å². The van der Waals surface area contributed by atoms with Crippen molar-refractivity contribution >= 4 is 0 Å². The summed E-state index contributed by atoms with van der Waals surface area (Å²) < 4.78 is 56.1. The lowest BCUT2D eigenvalue weighted by Gasteiger charge is -2.34. The van der Waals surface area contributed by atoms with E-state index in [-0.39, 0.29) is 29.9 Å². The summed E-state index contributed by atoms with van der Waals surface area (Å²) in [6.45, 7) is 3.88. The summed E-state index contributed by atoms with van der Waals surface area (Å²) in [6, 6.07) is 5.49. The van der Waals surface area contributed by atoms with Gasteiger partial charge in [0.25, 0.3) is 0 Å². The van der Waals surface area contributed by atoms with Crippen molar-refractivity contribution in [1.82, 2.24) is 15.6 Å². The summed E-state index contributed by atoms with van der Waals surface area (Å²) in [4.78, 5) is 4.15. The minimum Gasteiger partial charge on any atom is -0.386 e. The van der Waals surface area contributed by atoms with Gasteiger partial charge in [0, 0.05) is 66.1 Å². The second-order valence-corrected chi connectivity index (χ2v) is 8.30. The van der Waals surface area contributed by atoms with Crippen molar-refractivity contribution in [3.8, 4) is 11.1 Å². The van der Waals surface area contributed by atoms with Gasteiger partial charge in [0.1, 0.15) is 11.6 Å². The van der Waals surface area contributed by atoms with E-state index in [0.29, 0.717) is 17.3 Å². The van der Waals surface area contributed by atoms with Crippen LogP contribution in [0.2, 0.25) is 0 Å². The molecule has 1 aliphatic heterocycles. The van der Waals surface area contributed by atoms with E-state index < -0.39 is 23.6 Å². The molecule has 2 aromatic rings. The summed E-state index contributed by atoms with van der Waals surface area (Å²) in [6.07, 6.45) is 4.64. The van der Waals surface area contributed by atoms with Crippen LogP contribution in [0.3, 0.4) is 0 Å². The lowest BCUT2D eigenvalue weighted by Crippen LogP contribution is -2.34. The fourth-order valence-corrected chi connectivity index (χ4v) is 4.15. The molecule has 2 N–H and O–H groups in total. The molecular formula is C23H25F4N3. The van der Waals surface area contributed by atoms with Gasteiger partial charge in [-0.05, 0) is 43.2 Å². The van der Waals surface area contributed by atoms with Crippen LogP contribution in [0.25, 0.3) is 11.1 Å². The van der Waals surface area contributed by atoms with E-state index in [1.54, 1.807) is 19.1 Å². The smallest absolute Gasteiger partial charge is 0.249 e. The van der Waals surface area contributed by atoms with Crippen molar-refractivity contribution in [2.75, 3.05) is 0 Å². The second-order valence-electron chi connectivity index (χ2n) is 8.30. The molecule has 0 amide bonds. The molecule has 30 heavy (non-hydrogen) atoms. The second kappa shape index (κ2) is 7.93. The van der Waals surface area contributed by atoms with Crippen molar-refractivity contribution < 1.29 is 17.6 Å². The molecule has 1 aromatic heterocycles. The molecule has 4 rings (SSSR count). The normalized spacial score (nSPS) is 21.5. The van der Waals surface area contributed by atoms with Gasteiger partial charge >= 0.3 is 0 Å². The van der Waals surface area contributed by atoms with Crippen LogP contribution in [0.1, 0.15) is 62.7 Å². The molecule has 0 saturated heterocycles. The highest BCUT2D eigenvalue weighted by atomic mass is 19.3. The van der Waals surface area contributed by atoms with Crippen LogP contribution in [0.15, 0.2) is 42.4 Å². The molecule has 1 aliphatic carbocycles. The number of nitrogens with one attached hydrogen (secondary N) is 2. The number of alkyl halides is 2. The monoisotopic (exact) mass is 419 g/mol. The van der Waals surface area contributed by atoms with Gasteiger partial charge < -0.3 is 10.6 Å². The minimum atomic E-state index is -2.66. The molecule has 7 heteroatoms. The summed E-state index contributed by atoms with van der Waals surface area (Å²) in [5.41, 5.74) is 2.24. The van der Waals surface area contributed by atoms with E-state index in [1.165, 1.54) is 18.3 Å². The third-order valence-corrected chi connectivity index (χ3v) is 6.01. The third-order valence-electron chi connectivity index (χ3n) is 6.01. The number of halogens is 4. The predicted molar refractivity (Wildman–Crippen MR) is 108 cm³/mol. The average molecular weight is 419 g/mol. The van der Waals surface area contributed by atoms with Crippen LogP contribution >= 0.6 is 0 Å². The fourth-order valence-electron chi connectivity index (χ4n) is 4.15. The van der Waals surface area contributed by atoms with Crippen LogP contribution in [-0.4, -0.2) is 16.9 Å². The topological polar surface area (TPSA) is 37.0 Å². The van der Waals surface area contributed by atoms with Gasteiger partial charge in [0.15, 0.2) is 0 Å². The van der Waals surface area contributed by atoms with E-state index in [4.69, 9.17) is 0 Å². The zero-order valence-electron chi connectivity index (χ0n) is 17.0. The fraction of sp³-hybridized carbons (Fsp3) is 0.435. The summed E-state index contributed by atoms with van der Waals surface area (Å²) in [5.74, 6) is -4.08. The number of hydrogen-bond donors (Lipinski definition) is 2. The van der Waals surface area contributed by atoms with Crippen LogP contribution in [0, 0.1) is 11.6 Å². The summed E-state index contributed by atoms with van der Waals surface area (Å²) >= 11 is 0. The molecule has 160 valence electrons.